The molecule has 2 aliphatic heterocycles. The quantitative estimate of drug-likeness (QED) is 0.318. The molecule has 0 radical (unpaired) electrons. The molecule has 2 saturated heterocycles. The monoisotopic (exact) mass is 581 g/mol. The van der Waals surface area contributed by atoms with Crippen LogP contribution in [0.4, 0.5) is 10.1 Å². The van der Waals surface area contributed by atoms with E-state index in [2.05, 4.69) is 9.72 Å². The van der Waals surface area contributed by atoms with Crippen LogP contribution in [0.1, 0.15) is 55.0 Å². The number of imidazole rings is 1. The number of amides is 1. The average molecular weight is 582 g/mol. The minimum Gasteiger partial charge on any atom is -0.494 e. The van der Waals surface area contributed by atoms with Crippen LogP contribution in [-0.4, -0.2) is 59.8 Å². The Bertz CT molecular complexity index is 1750. The predicted molar refractivity (Wildman–Crippen MR) is 152 cm³/mol. The second-order valence-corrected chi connectivity index (χ2v) is 12.8. The number of ether oxygens (including phenoxy) is 1. The number of hydrogen-bond acceptors (Lipinski definition) is 7. The summed E-state index contributed by atoms with van der Waals surface area (Å²) >= 11 is 0. The fourth-order valence-corrected chi connectivity index (χ4v) is 7.13. The average Bonchev–Trinajstić information content (AvgIpc) is 3.64. The van der Waals surface area contributed by atoms with Crippen molar-refractivity contribution in [1.82, 2.24) is 19.0 Å². The minimum absolute atomic E-state index is 0.0978. The maximum Gasteiger partial charge on any atom is 0.227 e. The number of nitrogens with zero attached hydrogens (tertiary/aromatic N) is 5. The molecule has 0 bridgehead atoms. The Kier molecular flexibility index (Phi) is 6.85. The molecule has 0 saturated carbocycles. The highest BCUT2D eigenvalue weighted by atomic mass is 32.2. The van der Waals surface area contributed by atoms with E-state index in [0.29, 0.717) is 61.6 Å². The van der Waals surface area contributed by atoms with Gasteiger partial charge in [-0.15, -0.1) is 0 Å². The van der Waals surface area contributed by atoms with Crippen molar-refractivity contribution in [2.75, 3.05) is 31.4 Å². The number of benzene rings is 2. The third-order valence-corrected chi connectivity index (χ3v) is 9.43. The van der Waals surface area contributed by atoms with Crippen LogP contribution >= 0.6 is 0 Å². The Hall–Kier alpha value is -3.77. The lowest BCUT2D eigenvalue weighted by molar-refractivity contribution is -0.120. The van der Waals surface area contributed by atoms with E-state index in [1.54, 1.807) is 11.0 Å². The van der Waals surface area contributed by atoms with Gasteiger partial charge < -0.3 is 18.7 Å². The number of methoxy groups -OCH3 is 1. The smallest absolute Gasteiger partial charge is 0.227 e. The van der Waals surface area contributed by atoms with Gasteiger partial charge in [-0.2, -0.15) is 0 Å². The van der Waals surface area contributed by atoms with Crippen molar-refractivity contribution in [1.29, 1.82) is 0 Å². The van der Waals surface area contributed by atoms with Crippen molar-refractivity contribution < 1.29 is 26.9 Å². The molecule has 4 heterocycles. The Balaban J connectivity index is 1.52. The normalized spacial score (nSPS) is 20.3. The number of aryl methyl sites for hydroxylation is 2. The van der Waals surface area contributed by atoms with Gasteiger partial charge in [0.15, 0.2) is 11.6 Å². The molecule has 2 aliphatic rings. The van der Waals surface area contributed by atoms with E-state index in [9.17, 15) is 17.6 Å². The summed E-state index contributed by atoms with van der Waals surface area (Å²) in [5.74, 6) is 0.775. The summed E-state index contributed by atoms with van der Waals surface area (Å²) in [6, 6.07) is 9.82. The molecule has 216 valence electrons. The van der Waals surface area contributed by atoms with Crippen LogP contribution in [0.2, 0.25) is 0 Å². The molecule has 0 spiro atoms. The van der Waals surface area contributed by atoms with Crippen LogP contribution in [0, 0.1) is 19.7 Å². The molecule has 2 aromatic heterocycles. The maximum atomic E-state index is 14.8. The molecule has 12 heteroatoms. The molecule has 0 N–H and O–H groups in total. The molecule has 2 fully saturated rings. The van der Waals surface area contributed by atoms with Crippen molar-refractivity contribution >= 4 is 32.7 Å². The highest BCUT2D eigenvalue weighted by molar-refractivity contribution is 7.88. The number of fused-ring (bicyclic) bond motifs is 1. The van der Waals surface area contributed by atoms with Crippen molar-refractivity contribution in [2.45, 2.75) is 51.6 Å². The van der Waals surface area contributed by atoms with E-state index >= 15 is 0 Å². The largest absolute Gasteiger partial charge is 0.494 e. The van der Waals surface area contributed by atoms with Gasteiger partial charge in [-0.3, -0.25) is 4.79 Å². The number of sulfonamides is 1. The molecule has 0 unspecified atom stereocenters. The minimum atomic E-state index is -3.37. The molecule has 2 aromatic carbocycles. The van der Waals surface area contributed by atoms with Gasteiger partial charge in [-0.25, -0.2) is 22.1 Å². The van der Waals surface area contributed by atoms with E-state index < -0.39 is 21.9 Å². The summed E-state index contributed by atoms with van der Waals surface area (Å²) in [4.78, 5) is 20.1. The predicted octanol–water partition coefficient (Wildman–Crippen LogP) is 4.92. The zero-order valence-corrected chi connectivity index (χ0v) is 24.2. The highest BCUT2D eigenvalue weighted by Crippen LogP contribution is 2.41. The van der Waals surface area contributed by atoms with Gasteiger partial charge in [-0.1, -0.05) is 11.2 Å². The molecular weight excluding hydrogens is 549 g/mol. The lowest BCUT2D eigenvalue weighted by atomic mass is 9.99. The van der Waals surface area contributed by atoms with Gasteiger partial charge in [-0.05, 0) is 62.9 Å². The van der Waals surface area contributed by atoms with E-state index in [4.69, 9.17) is 14.2 Å². The second-order valence-electron chi connectivity index (χ2n) is 10.8. The summed E-state index contributed by atoms with van der Waals surface area (Å²) in [6.07, 6.45) is 3.45. The Morgan fingerprint density at radius 1 is 1.12 bits per heavy atom. The SMILES string of the molecule is COc1ccc(N2C(=O)CCC[C@H]2c2nc3cc(-c4c(C)noc4C)ccc3n2[C@@H]2CCN(S(C)(=O)=O)C2)cc1F. The van der Waals surface area contributed by atoms with Gasteiger partial charge in [0.25, 0.3) is 0 Å². The number of anilines is 1. The zero-order chi connectivity index (χ0) is 29.1. The lowest BCUT2D eigenvalue weighted by Gasteiger charge is -2.36. The number of hydrogen-bond donors (Lipinski definition) is 0. The van der Waals surface area contributed by atoms with Crippen molar-refractivity contribution in [3.8, 4) is 16.9 Å². The van der Waals surface area contributed by atoms with E-state index in [1.165, 1.54) is 29.8 Å². The van der Waals surface area contributed by atoms with Crippen LogP contribution in [0.25, 0.3) is 22.2 Å². The number of halogens is 1. The third-order valence-electron chi connectivity index (χ3n) is 8.16. The number of piperidine rings is 1. The molecule has 2 atom stereocenters. The van der Waals surface area contributed by atoms with Crippen LogP contribution in [0.15, 0.2) is 40.9 Å². The number of carbonyl (C=O) groups excluding carboxylic acids is 1. The maximum absolute atomic E-state index is 14.8. The van der Waals surface area contributed by atoms with E-state index in [0.717, 1.165) is 22.3 Å². The number of rotatable bonds is 6. The number of aromatic nitrogens is 3. The van der Waals surface area contributed by atoms with Gasteiger partial charge in [0.05, 0.1) is 42.2 Å². The first-order chi connectivity index (χ1) is 19.6. The van der Waals surface area contributed by atoms with Crippen molar-refractivity contribution in [2.24, 2.45) is 0 Å². The number of carbonyl (C=O) groups is 1. The standard InChI is InChI=1S/C29H32FN5O5S/c1-17-28(18(2)40-32-17)19-8-10-24-23(14-19)31-29(35(24)21-12-13-33(16-21)41(4,37)38)25-6-5-7-27(36)34(25)20-9-11-26(39-3)22(30)15-20/h8-11,14-15,21,25H,5-7,12-13,16H2,1-4H3/t21-,25+/m1/s1. The zero-order valence-electron chi connectivity index (χ0n) is 23.4. The molecule has 41 heavy (non-hydrogen) atoms. The fourth-order valence-electron chi connectivity index (χ4n) is 6.25. The summed E-state index contributed by atoms with van der Waals surface area (Å²) < 4.78 is 53.6. The first kappa shape index (κ1) is 27.4. The second kappa shape index (κ2) is 10.3. The van der Waals surface area contributed by atoms with Crippen LogP contribution in [-0.2, 0) is 14.8 Å². The molecule has 1 amide bonds. The van der Waals surface area contributed by atoms with Crippen LogP contribution in [0.5, 0.6) is 5.75 Å². The fraction of sp³-hybridized carbons (Fsp3) is 0.414. The summed E-state index contributed by atoms with van der Waals surface area (Å²) in [6.45, 7) is 4.46. The summed E-state index contributed by atoms with van der Waals surface area (Å²) in [7, 11) is -1.98. The Morgan fingerprint density at radius 3 is 2.59 bits per heavy atom. The van der Waals surface area contributed by atoms with E-state index in [1.807, 2.05) is 32.0 Å². The Morgan fingerprint density at radius 2 is 1.93 bits per heavy atom. The molecule has 4 aromatic rings. The van der Waals surface area contributed by atoms with E-state index in [-0.39, 0.29) is 17.7 Å². The molecular formula is C29H32FN5O5S. The van der Waals surface area contributed by atoms with Gasteiger partial charge in [0, 0.05) is 36.8 Å². The highest BCUT2D eigenvalue weighted by Gasteiger charge is 2.38. The molecule has 0 aliphatic carbocycles. The van der Waals surface area contributed by atoms with Gasteiger partial charge >= 0.3 is 0 Å². The Labute approximate surface area is 237 Å². The van der Waals surface area contributed by atoms with Crippen molar-refractivity contribution in [3.05, 3.63) is 59.5 Å². The topological polar surface area (TPSA) is 111 Å². The van der Waals surface area contributed by atoms with Gasteiger partial charge in [0.1, 0.15) is 11.6 Å². The van der Waals surface area contributed by atoms with Crippen LogP contribution < -0.4 is 9.64 Å². The third kappa shape index (κ3) is 4.78. The first-order valence-electron chi connectivity index (χ1n) is 13.6. The summed E-state index contributed by atoms with van der Waals surface area (Å²) in [5, 5.41) is 4.09. The first-order valence-corrected chi connectivity index (χ1v) is 15.5. The molecule has 10 nitrogen and oxygen atoms in total. The van der Waals surface area contributed by atoms with Crippen LogP contribution in [0.3, 0.4) is 0 Å². The lowest BCUT2D eigenvalue weighted by Crippen LogP contribution is -2.40. The molecule has 6 rings (SSSR count). The van der Waals surface area contributed by atoms with Gasteiger partial charge in [0.2, 0.25) is 15.9 Å². The summed E-state index contributed by atoms with van der Waals surface area (Å²) in [5.41, 5.74) is 4.56. The van der Waals surface area contributed by atoms with Crippen molar-refractivity contribution in [3.63, 3.8) is 0 Å².